The fourth-order valence-electron chi connectivity index (χ4n) is 1.24. The predicted molar refractivity (Wildman–Crippen MR) is 74.2 cm³/mol. The second-order valence-electron chi connectivity index (χ2n) is 3.41. The number of nitrogens with zero attached hydrogens (tertiary/aromatic N) is 3. The summed E-state index contributed by atoms with van der Waals surface area (Å²) in [6.07, 6.45) is -0.208. The second-order valence-corrected chi connectivity index (χ2v) is 4.57. The van der Waals surface area contributed by atoms with Crippen molar-refractivity contribution in [2.75, 3.05) is 6.54 Å². The van der Waals surface area contributed by atoms with Crippen LogP contribution in [0.15, 0.2) is 17.2 Å². The van der Waals surface area contributed by atoms with Crippen LogP contribution in [0, 0.1) is 3.57 Å². The van der Waals surface area contributed by atoms with Crippen molar-refractivity contribution >= 4 is 40.2 Å². The minimum absolute atomic E-state index is 0.00771. The van der Waals surface area contributed by atoms with Crippen molar-refractivity contribution in [2.24, 2.45) is 5.11 Å². The number of rotatable bonds is 5. The van der Waals surface area contributed by atoms with Crippen molar-refractivity contribution in [1.82, 2.24) is 5.32 Å². The molecule has 1 aromatic carbocycles. The molecular weight excluding hydrogens is 365 g/mol. The molecule has 1 amide bonds. The summed E-state index contributed by atoms with van der Waals surface area (Å²) in [5.41, 5.74) is 8.52. The van der Waals surface area contributed by atoms with E-state index in [2.05, 4.69) is 15.3 Å². The van der Waals surface area contributed by atoms with Crippen LogP contribution >= 0.6 is 22.6 Å². The largest absolute Gasteiger partial charge is 0.507 e. The number of phenols is 1. The van der Waals surface area contributed by atoms with Gasteiger partial charge in [-0.05, 0) is 40.3 Å². The SMILES string of the molecule is [N-]=[N+]=Nc1cc(O)c(C(=O)NCCC(=O)O)cc1[125I]. The number of hydrogen-bond donors (Lipinski definition) is 3. The molecule has 1 aromatic rings. The number of halogens is 1. The second kappa shape index (κ2) is 6.81. The van der Waals surface area contributed by atoms with Crippen LogP contribution in [-0.4, -0.2) is 28.6 Å². The van der Waals surface area contributed by atoms with E-state index < -0.39 is 11.9 Å². The molecule has 0 aliphatic rings. The molecule has 0 spiro atoms. The third kappa shape index (κ3) is 4.30. The summed E-state index contributed by atoms with van der Waals surface area (Å²) in [6, 6.07) is 2.53. The Kier molecular flexibility index (Phi) is 5.39. The van der Waals surface area contributed by atoms with Crippen molar-refractivity contribution in [1.29, 1.82) is 0 Å². The number of aliphatic carboxylic acids is 1. The summed E-state index contributed by atoms with van der Waals surface area (Å²) in [7, 11) is 0. The third-order valence-corrected chi connectivity index (χ3v) is 2.95. The summed E-state index contributed by atoms with van der Waals surface area (Å²) in [6.45, 7) is -0.0394. The number of hydrogen-bond acceptors (Lipinski definition) is 4. The summed E-state index contributed by atoms with van der Waals surface area (Å²) in [4.78, 5) is 24.6. The number of nitrogens with one attached hydrogen (secondary N) is 1. The topological polar surface area (TPSA) is 135 Å². The first-order chi connectivity index (χ1) is 8.95. The number of carbonyl (C=O) groups is 2. The van der Waals surface area contributed by atoms with E-state index in [9.17, 15) is 14.7 Å². The molecular formula is C10H9IN4O4. The lowest BCUT2D eigenvalue weighted by Gasteiger charge is -2.07. The highest BCUT2D eigenvalue weighted by atomic mass is 125. The fraction of sp³-hybridized carbons (Fsp3) is 0.200. The Morgan fingerprint density at radius 1 is 1.47 bits per heavy atom. The lowest BCUT2D eigenvalue weighted by molar-refractivity contribution is -0.136. The Bertz CT molecular complexity index is 569. The summed E-state index contributed by atoms with van der Waals surface area (Å²) >= 11 is 1.86. The van der Waals surface area contributed by atoms with E-state index in [0.29, 0.717) is 3.57 Å². The van der Waals surface area contributed by atoms with Gasteiger partial charge in [0.15, 0.2) is 0 Å². The van der Waals surface area contributed by atoms with E-state index in [1.165, 1.54) is 12.1 Å². The van der Waals surface area contributed by atoms with Crippen LogP contribution in [-0.2, 0) is 4.79 Å². The first-order valence-electron chi connectivity index (χ1n) is 5.03. The van der Waals surface area contributed by atoms with Crippen molar-refractivity contribution < 1.29 is 19.8 Å². The smallest absolute Gasteiger partial charge is 0.305 e. The number of benzene rings is 1. The van der Waals surface area contributed by atoms with Gasteiger partial charge in [0.1, 0.15) is 5.75 Å². The van der Waals surface area contributed by atoms with Gasteiger partial charge in [-0.15, -0.1) is 0 Å². The highest BCUT2D eigenvalue weighted by molar-refractivity contribution is 14.1. The number of carboxylic acid groups (broad SMARTS) is 1. The van der Waals surface area contributed by atoms with Gasteiger partial charge < -0.3 is 15.5 Å². The molecule has 0 atom stereocenters. The highest BCUT2D eigenvalue weighted by Crippen LogP contribution is 2.29. The first kappa shape index (κ1) is 15.1. The minimum atomic E-state index is -1.03. The molecule has 0 heterocycles. The number of phenolic OH excluding ortho intramolecular Hbond substituents is 1. The van der Waals surface area contributed by atoms with Gasteiger partial charge in [0.25, 0.3) is 5.91 Å². The molecule has 0 aliphatic carbocycles. The summed E-state index contributed by atoms with van der Waals surface area (Å²) in [5.74, 6) is -1.96. The van der Waals surface area contributed by atoms with Crippen LogP contribution in [0.25, 0.3) is 10.4 Å². The zero-order chi connectivity index (χ0) is 14.4. The van der Waals surface area contributed by atoms with E-state index in [-0.39, 0.29) is 30.0 Å². The van der Waals surface area contributed by atoms with E-state index in [4.69, 9.17) is 10.6 Å². The molecule has 0 aromatic heterocycles. The predicted octanol–water partition coefficient (Wildman–Crippen LogP) is 2.14. The van der Waals surface area contributed by atoms with Gasteiger partial charge in [0, 0.05) is 15.0 Å². The van der Waals surface area contributed by atoms with Gasteiger partial charge in [-0.1, -0.05) is 5.11 Å². The van der Waals surface area contributed by atoms with Crippen LogP contribution < -0.4 is 5.32 Å². The van der Waals surface area contributed by atoms with E-state index in [1.54, 1.807) is 0 Å². The summed E-state index contributed by atoms with van der Waals surface area (Å²) in [5, 5.41) is 23.8. The Balaban J connectivity index is 2.89. The van der Waals surface area contributed by atoms with Crippen LogP contribution in [0.4, 0.5) is 5.69 Å². The lowest BCUT2D eigenvalue weighted by atomic mass is 10.1. The number of carboxylic acids is 1. The Morgan fingerprint density at radius 2 is 2.16 bits per heavy atom. The normalized spacial score (nSPS) is 9.53. The van der Waals surface area contributed by atoms with Crippen molar-refractivity contribution in [3.8, 4) is 5.75 Å². The molecule has 8 nitrogen and oxygen atoms in total. The Labute approximate surface area is 121 Å². The molecule has 0 radical (unpaired) electrons. The van der Waals surface area contributed by atoms with Gasteiger partial charge in [0.2, 0.25) is 0 Å². The van der Waals surface area contributed by atoms with Gasteiger partial charge in [0.05, 0.1) is 17.7 Å². The zero-order valence-electron chi connectivity index (χ0n) is 9.50. The fourth-order valence-corrected chi connectivity index (χ4v) is 1.81. The average Bonchev–Trinajstić information content (AvgIpc) is 2.33. The molecule has 0 fully saturated rings. The van der Waals surface area contributed by atoms with Crippen LogP contribution in [0.3, 0.4) is 0 Å². The van der Waals surface area contributed by atoms with Gasteiger partial charge in [-0.3, -0.25) is 9.59 Å². The maximum atomic E-state index is 11.7. The standard InChI is InChI=1S/C10H9IN4O4/c11-6-3-5(8(16)4-7(6)14-15-12)10(19)13-2-1-9(17)18/h3-4,16H,1-2H2,(H,13,19)(H,17,18)/i11-2. The summed E-state index contributed by atoms with van der Waals surface area (Å²) < 4.78 is 0.497. The van der Waals surface area contributed by atoms with Crippen LogP contribution in [0.2, 0.25) is 0 Å². The van der Waals surface area contributed by atoms with Gasteiger partial charge in [-0.2, -0.15) is 0 Å². The molecule has 0 bridgehead atoms. The lowest BCUT2D eigenvalue weighted by Crippen LogP contribution is -2.26. The Hall–Kier alpha value is -2.00. The van der Waals surface area contributed by atoms with E-state index >= 15 is 0 Å². The molecule has 3 N–H and O–H groups in total. The first-order valence-corrected chi connectivity index (χ1v) is 6.11. The quantitative estimate of drug-likeness (QED) is 0.315. The van der Waals surface area contributed by atoms with Crippen molar-refractivity contribution in [3.63, 3.8) is 0 Å². The zero-order valence-corrected chi connectivity index (χ0v) is 11.7. The molecule has 0 saturated carbocycles. The number of carbonyl (C=O) groups excluding carboxylic acids is 1. The van der Waals surface area contributed by atoms with Gasteiger partial charge >= 0.3 is 5.97 Å². The van der Waals surface area contributed by atoms with Crippen LogP contribution in [0.1, 0.15) is 16.8 Å². The van der Waals surface area contributed by atoms with E-state index in [0.717, 1.165) is 0 Å². The van der Waals surface area contributed by atoms with Crippen molar-refractivity contribution in [3.05, 3.63) is 31.7 Å². The number of aromatic hydroxyl groups is 1. The molecule has 1 rings (SSSR count). The number of azide groups is 1. The molecule has 9 heteroatoms. The van der Waals surface area contributed by atoms with E-state index in [1.807, 2.05) is 22.6 Å². The molecule has 0 saturated heterocycles. The molecule has 0 aliphatic heterocycles. The van der Waals surface area contributed by atoms with Gasteiger partial charge in [-0.25, -0.2) is 0 Å². The number of amides is 1. The minimum Gasteiger partial charge on any atom is -0.507 e. The Morgan fingerprint density at radius 3 is 2.74 bits per heavy atom. The average molecular weight is 374 g/mol. The monoisotopic (exact) mass is 374 g/mol. The molecule has 100 valence electrons. The maximum absolute atomic E-state index is 11.7. The highest BCUT2D eigenvalue weighted by Gasteiger charge is 2.14. The third-order valence-electron chi connectivity index (χ3n) is 2.09. The van der Waals surface area contributed by atoms with Crippen molar-refractivity contribution in [2.45, 2.75) is 6.42 Å². The molecule has 0 unspecified atom stereocenters. The maximum Gasteiger partial charge on any atom is 0.305 e. The molecule has 19 heavy (non-hydrogen) atoms. The van der Waals surface area contributed by atoms with Crippen LogP contribution in [0.5, 0.6) is 5.75 Å².